The van der Waals surface area contributed by atoms with E-state index in [1.807, 2.05) is 0 Å². The molecule has 4 heterocycles. The summed E-state index contributed by atoms with van der Waals surface area (Å²) in [6, 6.07) is 46.5. The van der Waals surface area contributed by atoms with Gasteiger partial charge in [-0.15, -0.1) is 0 Å². The minimum Gasteiger partial charge on any atom is -0.310 e. The highest BCUT2D eigenvalue weighted by atomic mass is 15.0. The van der Waals surface area contributed by atoms with Crippen LogP contribution >= 0.6 is 0 Å². The molecular formula is C45H29BN2. The van der Waals surface area contributed by atoms with Gasteiger partial charge in [0.05, 0.1) is 11.0 Å². The van der Waals surface area contributed by atoms with E-state index in [-0.39, 0.29) is 6.71 Å². The summed E-state index contributed by atoms with van der Waals surface area (Å²) in [4.78, 5) is 0. The molecule has 2 nitrogen and oxygen atoms in total. The van der Waals surface area contributed by atoms with Gasteiger partial charge in [0.15, 0.2) is 0 Å². The van der Waals surface area contributed by atoms with Crippen molar-refractivity contribution in [3.8, 4) is 11.4 Å². The molecule has 0 radical (unpaired) electrons. The highest BCUT2D eigenvalue weighted by molar-refractivity contribution is 7.00. The van der Waals surface area contributed by atoms with Crippen LogP contribution in [-0.4, -0.2) is 15.8 Å². The third-order valence-corrected chi connectivity index (χ3v) is 11.5. The Morgan fingerprint density at radius 1 is 0.396 bits per heavy atom. The molecule has 0 N–H and O–H groups in total. The summed E-state index contributed by atoms with van der Waals surface area (Å²) in [6.45, 7) is 6.91. The fraction of sp³-hybridized carbons (Fsp3) is 0.0667. The van der Waals surface area contributed by atoms with Crippen molar-refractivity contribution in [1.82, 2.24) is 9.13 Å². The summed E-state index contributed by atoms with van der Waals surface area (Å²) in [7, 11) is 0. The Labute approximate surface area is 277 Å². The van der Waals surface area contributed by atoms with E-state index in [1.54, 1.807) is 0 Å². The van der Waals surface area contributed by atoms with Crippen molar-refractivity contribution < 1.29 is 0 Å². The molecule has 0 bridgehead atoms. The zero-order chi connectivity index (χ0) is 31.6. The third kappa shape index (κ3) is 2.81. The van der Waals surface area contributed by atoms with Crippen LogP contribution in [0.1, 0.15) is 16.7 Å². The Morgan fingerprint density at radius 3 is 1.65 bits per heavy atom. The van der Waals surface area contributed by atoms with Crippen LogP contribution in [0.2, 0.25) is 0 Å². The molecular weight excluding hydrogens is 579 g/mol. The molecule has 0 fully saturated rings. The zero-order valence-corrected chi connectivity index (χ0v) is 27.0. The molecule has 222 valence electrons. The number of aryl methyl sites for hydroxylation is 3. The molecule has 8 aromatic carbocycles. The van der Waals surface area contributed by atoms with Crippen LogP contribution in [0, 0.1) is 20.8 Å². The Hall–Kier alpha value is -5.80. The fourth-order valence-corrected chi connectivity index (χ4v) is 9.88. The van der Waals surface area contributed by atoms with Crippen LogP contribution in [0.4, 0.5) is 0 Å². The first kappa shape index (κ1) is 25.3. The predicted octanol–water partition coefficient (Wildman–Crippen LogP) is 9.41. The van der Waals surface area contributed by atoms with Crippen molar-refractivity contribution in [1.29, 1.82) is 0 Å². The van der Waals surface area contributed by atoms with Crippen LogP contribution < -0.4 is 16.4 Å². The fourth-order valence-electron chi connectivity index (χ4n) is 9.88. The minimum absolute atomic E-state index is 0.152. The smallest absolute Gasteiger partial charge is 0.252 e. The Bertz CT molecular complexity index is 3120. The van der Waals surface area contributed by atoms with Crippen molar-refractivity contribution in [2.45, 2.75) is 20.8 Å². The van der Waals surface area contributed by atoms with E-state index >= 15 is 0 Å². The van der Waals surface area contributed by atoms with Gasteiger partial charge in [-0.3, -0.25) is 0 Å². The van der Waals surface area contributed by atoms with Gasteiger partial charge in [-0.05, 0) is 100 Å². The molecule has 2 aliphatic rings. The molecule has 48 heavy (non-hydrogen) atoms. The van der Waals surface area contributed by atoms with E-state index in [0.29, 0.717) is 0 Å². The number of aromatic nitrogens is 2. The highest BCUT2D eigenvalue weighted by Crippen LogP contribution is 2.45. The first-order chi connectivity index (χ1) is 23.6. The number of fused-ring (bicyclic) bond motifs is 17. The molecule has 0 saturated carbocycles. The predicted molar refractivity (Wildman–Crippen MR) is 207 cm³/mol. The van der Waals surface area contributed by atoms with Gasteiger partial charge in [0.1, 0.15) is 0 Å². The molecule has 0 aliphatic carbocycles. The summed E-state index contributed by atoms with van der Waals surface area (Å²) in [5, 5.41) is 13.3. The lowest BCUT2D eigenvalue weighted by molar-refractivity contribution is 1.14. The quantitative estimate of drug-likeness (QED) is 0.120. The number of nitrogens with zero attached hydrogens (tertiary/aromatic N) is 2. The van der Waals surface area contributed by atoms with E-state index in [1.165, 1.54) is 120 Å². The van der Waals surface area contributed by atoms with Gasteiger partial charge in [-0.1, -0.05) is 102 Å². The molecule has 12 rings (SSSR count). The Kier molecular flexibility index (Phi) is 4.41. The maximum Gasteiger partial charge on any atom is 0.252 e. The first-order valence-electron chi connectivity index (χ1n) is 17.1. The molecule has 0 atom stereocenters. The third-order valence-electron chi connectivity index (χ3n) is 11.5. The van der Waals surface area contributed by atoms with Crippen LogP contribution in [0.15, 0.2) is 121 Å². The molecule has 10 aromatic rings. The lowest BCUT2D eigenvalue weighted by Gasteiger charge is -2.34. The van der Waals surface area contributed by atoms with E-state index < -0.39 is 0 Å². The highest BCUT2D eigenvalue weighted by Gasteiger charge is 2.41. The topological polar surface area (TPSA) is 9.86 Å². The van der Waals surface area contributed by atoms with E-state index in [9.17, 15) is 0 Å². The second-order valence-electron chi connectivity index (χ2n) is 14.3. The monoisotopic (exact) mass is 608 g/mol. The number of hydrogen-bond acceptors (Lipinski definition) is 0. The lowest BCUT2D eigenvalue weighted by atomic mass is 9.34. The zero-order valence-electron chi connectivity index (χ0n) is 27.0. The molecule has 2 aliphatic heterocycles. The molecule has 0 amide bonds. The summed E-state index contributed by atoms with van der Waals surface area (Å²) < 4.78 is 5.21. The second kappa shape index (κ2) is 8.37. The van der Waals surface area contributed by atoms with Crippen molar-refractivity contribution in [2.75, 3.05) is 0 Å². The largest absolute Gasteiger partial charge is 0.310 e. The second-order valence-corrected chi connectivity index (χ2v) is 14.3. The van der Waals surface area contributed by atoms with Crippen LogP contribution in [0.25, 0.3) is 87.3 Å². The maximum absolute atomic E-state index is 2.64. The maximum atomic E-state index is 2.64. The van der Waals surface area contributed by atoms with E-state index in [4.69, 9.17) is 0 Å². The van der Waals surface area contributed by atoms with Gasteiger partial charge in [0, 0.05) is 49.3 Å². The van der Waals surface area contributed by atoms with Gasteiger partial charge in [0.25, 0.3) is 6.71 Å². The standard InChI is InChI=1S/C45H29BN2/c1-24-15-18-38-33(19-24)35-21-26(3)22-36-43(35)47(38)39-13-8-14-40-42(39)46(36)37-23-25(2)20-34-32-17-16-31-29-11-5-4-9-27(29)28-10-6-7-12-30(28)41(31)45(32)48(40)44(34)37/h4-23H,1-3H3. The molecule has 0 spiro atoms. The van der Waals surface area contributed by atoms with Gasteiger partial charge in [-0.2, -0.15) is 0 Å². The van der Waals surface area contributed by atoms with Crippen LogP contribution in [0.3, 0.4) is 0 Å². The average Bonchev–Trinajstić information content (AvgIpc) is 3.61. The summed E-state index contributed by atoms with van der Waals surface area (Å²) in [5.74, 6) is 0. The summed E-state index contributed by atoms with van der Waals surface area (Å²) in [5.41, 5.74) is 16.1. The van der Waals surface area contributed by atoms with Gasteiger partial charge >= 0.3 is 0 Å². The van der Waals surface area contributed by atoms with Crippen molar-refractivity contribution >= 4 is 99.0 Å². The number of rotatable bonds is 0. The van der Waals surface area contributed by atoms with E-state index in [2.05, 4.69) is 151 Å². The minimum atomic E-state index is 0.152. The SMILES string of the molecule is Cc1ccc2c(c1)c1cc(C)cc3c1n2-c1cccc2c1B3c1cc(C)cc3c4ccc5c6ccccc6c6ccccc6c5c4n-2c13. The Morgan fingerprint density at radius 2 is 0.938 bits per heavy atom. The molecule has 3 heteroatoms. The normalized spacial score (nSPS) is 13.3. The number of benzene rings is 8. The lowest BCUT2D eigenvalue weighted by Crippen LogP contribution is -2.59. The van der Waals surface area contributed by atoms with E-state index in [0.717, 1.165) is 0 Å². The average molecular weight is 609 g/mol. The van der Waals surface area contributed by atoms with Crippen molar-refractivity contribution in [3.05, 3.63) is 138 Å². The summed E-state index contributed by atoms with van der Waals surface area (Å²) in [6.07, 6.45) is 0. The van der Waals surface area contributed by atoms with Crippen molar-refractivity contribution in [3.63, 3.8) is 0 Å². The van der Waals surface area contributed by atoms with Crippen LogP contribution in [-0.2, 0) is 0 Å². The van der Waals surface area contributed by atoms with Crippen molar-refractivity contribution in [2.24, 2.45) is 0 Å². The van der Waals surface area contributed by atoms with Gasteiger partial charge < -0.3 is 9.13 Å². The molecule has 2 aromatic heterocycles. The van der Waals surface area contributed by atoms with Gasteiger partial charge in [-0.25, -0.2) is 0 Å². The first-order valence-corrected chi connectivity index (χ1v) is 17.1. The summed E-state index contributed by atoms with van der Waals surface area (Å²) >= 11 is 0. The van der Waals surface area contributed by atoms with Gasteiger partial charge in [0.2, 0.25) is 0 Å². The number of hydrogen-bond donors (Lipinski definition) is 0. The van der Waals surface area contributed by atoms with Crippen LogP contribution in [0.5, 0.6) is 0 Å². The molecule has 0 unspecified atom stereocenters. The molecule has 0 saturated heterocycles. The Balaban J connectivity index is 1.36.